The first-order valence-electron chi connectivity index (χ1n) is 6.87. The van der Waals surface area contributed by atoms with E-state index < -0.39 is 0 Å². The van der Waals surface area contributed by atoms with Crippen LogP contribution in [0, 0.1) is 5.92 Å². The molecule has 2 N–H and O–H groups in total. The highest BCUT2D eigenvalue weighted by atomic mass is 16.1. The number of rotatable bonds is 8. The van der Waals surface area contributed by atoms with Crippen molar-refractivity contribution in [3.8, 4) is 0 Å². The van der Waals surface area contributed by atoms with E-state index in [1.807, 2.05) is 12.1 Å². The minimum Gasteiger partial charge on any atom is -0.369 e. The highest BCUT2D eigenvalue weighted by Gasteiger charge is 2.06. The average Bonchev–Trinajstić information content (AvgIpc) is 2.35. The fraction of sp³-hybridized carbons (Fsp3) is 0.600. The second-order valence-corrected chi connectivity index (χ2v) is 4.90. The van der Waals surface area contributed by atoms with Crippen LogP contribution in [0.2, 0.25) is 0 Å². The molecule has 0 spiro atoms. The predicted molar refractivity (Wildman–Crippen MR) is 74.1 cm³/mol. The van der Waals surface area contributed by atoms with E-state index in [-0.39, 0.29) is 12.3 Å². The maximum absolute atomic E-state index is 10.8. The van der Waals surface area contributed by atoms with Crippen molar-refractivity contribution in [2.24, 2.45) is 11.7 Å². The lowest BCUT2D eigenvalue weighted by molar-refractivity contribution is -0.117. The van der Waals surface area contributed by atoms with Crippen LogP contribution in [0.3, 0.4) is 0 Å². The highest BCUT2D eigenvalue weighted by Crippen LogP contribution is 2.17. The maximum Gasteiger partial charge on any atom is 0.221 e. The van der Waals surface area contributed by atoms with E-state index >= 15 is 0 Å². The Morgan fingerprint density at radius 3 is 2.61 bits per heavy atom. The predicted octanol–water partition coefficient (Wildman–Crippen LogP) is 2.87. The molecule has 0 radical (unpaired) electrons. The Bertz CT molecular complexity index is 359. The number of aromatic nitrogens is 1. The number of nitrogens with zero attached hydrogens (tertiary/aromatic N) is 1. The van der Waals surface area contributed by atoms with Crippen molar-refractivity contribution in [1.82, 2.24) is 4.98 Å². The molecule has 0 aromatic carbocycles. The molecular formula is C15H24N2O. The van der Waals surface area contributed by atoms with Gasteiger partial charge in [-0.15, -0.1) is 0 Å². The quantitative estimate of drug-likeness (QED) is 0.769. The number of nitrogens with two attached hydrogens (primary N) is 1. The van der Waals surface area contributed by atoms with Gasteiger partial charge in [-0.2, -0.15) is 0 Å². The zero-order chi connectivity index (χ0) is 13.4. The number of pyridine rings is 1. The molecular weight excluding hydrogens is 224 g/mol. The van der Waals surface area contributed by atoms with E-state index in [9.17, 15) is 4.79 Å². The Labute approximate surface area is 110 Å². The normalized spacial score (nSPS) is 12.3. The van der Waals surface area contributed by atoms with Crippen molar-refractivity contribution >= 4 is 5.91 Å². The zero-order valence-corrected chi connectivity index (χ0v) is 11.5. The topological polar surface area (TPSA) is 56.0 Å². The van der Waals surface area contributed by atoms with Gasteiger partial charge in [-0.25, -0.2) is 0 Å². The van der Waals surface area contributed by atoms with Crippen molar-refractivity contribution in [3.63, 3.8) is 0 Å². The molecule has 0 saturated heterocycles. The monoisotopic (exact) mass is 248 g/mol. The largest absolute Gasteiger partial charge is 0.369 e. The third-order valence-electron chi connectivity index (χ3n) is 3.35. The first-order valence-corrected chi connectivity index (χ1v) is 6.87. The number of amides is 1. The van der Waals surface area contributed by atoms with Crippen molar-refractivity contribution < 1.29 is 4.79 Å². The fourth-order valence-corrected chi connectivity index (χ4v) is 2.22. The number of primary amides is 1. The minimum absolute atomic E-state index is 0.278. The molecule has 3 nitrogen and oxygen atoms in total. The van der Waals surface area contributed by atoms with Gasteiger partial charge in [-0.3, -0.25) is 9.78 Å². The molecule has 0 fully saturated rings. The molecule has 0 saturated carbocycles. The summed E-state index contributed by atoms with van der Waals surface area (Å²) in [6.07, 6.45) is 8.07. The minimum atomic E-state index is -0.307. The van der Waals surface area contributed by atoms with E-state index in [1.165, 1.54) is 25.7 Å². The Hall–Kier alpha value is -1.38. The van der Waals surface area contributed by atoms with Gasteiger partial charge in [0.1, 0.15) is 0 Å². The summed E-state index contributed by atoms with van der Waals surface area (Å²) >= 11 is 0. The maximum atomic E-state index is 10.8. The molecule has 3 heteroatoms. The van der Waals surface area contributed by atoms with Crippen LogP contribution < -0.4 is 5.73 Å². The van der Waals surface area contributed by atoms with Crippen LogP contribution in [0.15, 0.2) is 18.3 Å². The zero-order valence-electron chi connectivity index (χ0n) is 11.5. The smallest absolute Gasteiger partial charge is 0.221 e. The van der Waals surface area contributed by atoms with Gasteiger partial charge in [0.05, 0.1) is 6.42 Å². The average molecular weight is 248 g/mol. The molecule has 1 rings (SSSR count). The lowest BCUT2D eigenvalue weighted by atomic mass is 9.94. The van der Waals surface area contributed by atoms with Crippen molar-refractivity contribution in [3.05, 3.63) is 29.6 Å². The first kappa shape index (κ1) is 14.7. The Morgan fingerprint density at radius 1 is 1.33 bits per heavy atom. The molecule has 1 heterocycles. The van der Waals surface area contributed by atoms with Crippen LogP contribution in [0.1, 0.15) is 50.8 Å². The third kappa shape index (κ3) is 5.30. The van der Waals surface area contributed by atoms with E-state index in [0.717, 1.165) is 23.6 Å². The number of carbonyl (C=O) groups is 1. The Kier molecular flexibility index (Phi) is 6.40. The van der Waals surface area contributed by atoms with Gasteiger partial charge in [-0.05, 0) is 30.4 Å². The molecule has 0 aliphatic rings. The van der Waals surface area contributed by atoms with Gasteiger partial charge < -0.3 is 5.73 Å². The summed E-state index contributed by atoms with van der Waals surface area (Å²) < 4.78 is 0. The van der Waals surface area contributed by atoms with E-state index in [2.05, 4.69) is 18.8 Å². The molecule has 0 bridgehead atoms. The first-order chi connectivity index (χ1) is 8.65. The second kappa shape index (κ2) is 7.85. The third-order valence-corrected chi connectivity index (χ3v) is 3.35. The van der Waals surface area contributed by atoms with Gasteiger partial charge in [0.2, 0.25) is 5.91 Å². The van der Waals surface area contributed by atoms with Crippen molar-refractivity contribution in [1.29, 1.82) is 0 Å². The number of carbonyl (C=O) groups excluding carboxylic acids is 1. The summed E-state index contributed by atoms with van der Waals surface area (Å²) in [5.41, 5.74) is 7.15. The van der Waals surface area contributed by atoms with Crippen molar-refractivity contribution in [2.75, 3.05) is 0 Å². The van der Waals surface area contributed by atoms with Crippen LogP contribution in [-0.4, -0.2) is 10.9 Å². The lowest BCUT2D eigenvalue weighted by Gasteiger charge is -2.13. The summed E-state index contributed by atoms with van der Waals surface area (Å²) in [5.74, 6) is 0.501. The molecule has 18 heavy (non-hydrogen) atoms. The molecule has 1 atom stereocenters. The van der Waals surface area contributed by atoms with E-state index in [0.29, 0.717) is 0 Å². The Balaban J connectivity index is 2.45. The van der Waals surface area contributed by atoms with Gasteiger partial charge in [0, 0.05) is 11.9 Å². The summed E-state index contributed by atoms with van der Waals surface area (Å²) in [7, 11) is 0. The fourth-order valence-electron chi connectivity index (χ4n) is 2.22. The standard InChI is InChI=1S/C15H24N2O/c1-3-5-12(4-2)6-8-14-9-7-13(11-17-14)10-15(16)18/h7,9,11-12H,3-6,8,10H2,1-2H3,(H2,16,18). The molecule has 1 aromatic rings. The van der Waals surface area contributed by atoms with Crippen LogP contribution >= 0.6 is 0 Å². The molecule has 0 aliphatic carbocycles. The van der Waals surface area contributed by atoms with Crippen molar-refractivity contribution in [2.45, 2.75) is 52.4 Å². The van der Waals surface area contributed by atoms with E-state index in [1.54, 1.807) is 6.20 Å². The van der Waals surface area contributed by atoms with Gasteiger partial charge in [-0.1, -0.05) is 39.2 Å². The SMILES string of the molecule is CCCC(CC)CCc1ccc(CC(N)=O)cn1. The van der Waals surface area contributed by atoms with Gasteiger partial charge in [0.15, 0.2) is 0 Å². The molecule has 1 unspecified atom stereocenters. The molecule has 100 valence electrons. The van der Waals surface area contributed by atoms with Crippen LogP contribution in [0.5, 0.6) is 0 Å². The van der Waals surface area contributed by atoms with Gasteiger partial charge >= 0.3 is 0 Å². The van der Waals surface area contributed by atoms with Gasteiger partial charge in [0.25, 0.3) is 0 Å². The summed E-state index contributed by atoms with van der Waals surface area (Å²) in [5, 5.41) is 0. The number of aryl methyl sites for hydroxylation is 1. The molecule has 1 amide bonds. The van der Waals surface area contributed by atoms with Crippen LogP contribution in [0.25, 0.3) is 0 Å². The summed E-state index contributed by atoms with van der Waals surface area (Å²) in [4.78, 5) is 15.2. The highest BCUT2D eigenvalue weighted by molar-refractivity contribution is 5.76. The van der Waals surface area contributed by atoms with E-state index in [4.69, 9.17) is 5.73 Å². The number of hydrogen-bond acceptors (Lipinski definition) is 2. The Morgan fingerprint density at radius 2 is 2.11 bits per heavy atom. The second-order valence-electron chi connectivity index (χ2n) is 4.90. The summed E-state index contributed by atoms with van der Waals surface area (Å²) in [6.45, 7) is 4.49. The summed E-state index contributed by atoms with van der Waals surface area (Å²) in [6, 6.07) is 3.96. The molecule has 1 aromatic heterocycles. The van der Waals surface area contributed by atoms with Crippen LogP contribution in [-0.2, 0) is 17.6 Å². The molecule has 0 aliphatic heterocycles. The lowest BCUT2D eigenvalue weighted by Crippen LogP contribution is -2.13. The number of hydrogen-bond donors (Lipinski definition) is 1. The van der Waals surface area contributed by atoms with Crippen LogP contribution in [0.4, 0.5) is 0 Å².